The summed E-state index contributed by atoms with van der Waals surface area (Å²) in [7, 11) is 0. The lowest BCUT2D eigenvalue weighted by Crippen LogP contribution is -2.38. The van der Waals surface area contributed by atoms with Gasteiger partial charge in [0.05, 0.1) is 17.3 Å². The summed E-state index contributed by atoms with van der Waals surface area (Å²) in [6.45, 7) is 3.86. The lowest BCUT2D eigenvalue weighted by atomic mass is 10.1. The van der Waals surface area contributed by atoms with Crippen molar-refractivity contribution in [3.63, 3.8) is 0 Å². The number of carbonyl (C=O) groups is 2. The highest BCUT2D eigenvalue weighted by Gasteiger charge is 2.19. The van der Waals surface area contributed by atoms with Crippen molar-refractivity contribution >= 4 is 40.7 Å². The maximum atomic E-state index is 13.8. The molecule has 33 heavy (non-hydrogen) atoms. The van der Waals surface area contributed by atoms with Gasteiger partial charge in [-0.05, 0) is 43.2 Å². The molecule has 1 aromatic heterocycles. The van der Waals surface area contributed by atoms with E-state index in [4.69, 9.17) is 27.7 Å². The summed E-state index contributed by atoms with van der Waals surface area (Å²) in [5.41, 5.74) is 1.39. The fourth-order valence-corrected chi connectivity index (χ4v) is 3.43. The third kappa shape index (κ3) is 6.76. The zero-order valence-corrected chi connectivity index (χ0v) is 19.7. The first-order chi connectivity index (χ1) is 15.8. The predicted molar refractivity (Wildman–Crippen MR) is 125 cm³/mol. The van der Waals surface area contributed by atoms with Gasteiger partial charge in [0.2, 0.25) is 23.5 Å². The summed E-state index contributed by atoms with van der Waals surface area (Å²) in [6.07, 6.45) is 0.956. The molecule has 0 fully saturated rings. The topological polar surface area (TPSA) is 88.3 Å². The molecule has 7 nitrogen and oxygen atoms in total. The van der Waals surface area contributed by atoms with Gasteiger partial charge < -0.3 is 14.7 Å². The Bertz CT molecular complexity index is 1150. The summed E-state index contributed by atoms with van der Waals surface area (Å²) in [5, 5.41) is 7.32. The number of halogens is 3. The second-order valence-corrected chi connectivity index (χ2v) is 8.31. The second-order valence-electron chi connectivity index (χ2n) is 7.46. The van der Waals surface area contributed by atoms with Gasteiger partial charge in [0, 0.05) is 30.0 Å². The van der Waals surface area contributed by atoms with E-state index in [1.807, 2.05) is 6.92 Å². The van der Waals surface area contributed by atoms with Crippen LogP contribution < -0.4 is 5.32 Å². The maximum absolute atomic E-state index is 13.8. The minimum atomic E-state index is -0.387. The molecule has 0 bridgehead atoms. The number of benzene rings is 2. The molecule has 0 aliphatic heterocycles. The molecule has 0 atom stereocenters. The van der Waals surface area contributed by atoms with Crippen LogP contribution in [0.15, 0.2) is 40.9 Å². The van der Waals surface area contributed by atoms with Gasteiger partial charge in [-0.3, -0.25) is 9.59 Å². The van der Waals surface area contributed by atoms with Crippen LogP contribution in [0.1, 0.15) is 31.2 Å². The van der Waals surface area contributed by atoms with Gasteiger partial charge in [-0.2, -0.15) is 4.98 Å². The van der Waals surface area contributed by atoms with Gasteiger partial charge in [-0.25, -0.2) is 4.39 Å². The number of hydrogen-bond acceptors (Lipinski definition) is 5. The molecule has 0 aliphatic rings. The molecule has 0 radical (unpaired) electrons. The number of nitrogens with zero attached hydrogens (tertiary/aromatic N) is 3. The number of rotatable bonds is 9. The fourth-order valence-electron chi connectivity index (χ4n) is 3.10. The Morgan fingerprint density at radius 3 is 2.70 bits per heavy atom. The van der Waals surface area contributed by atoms with Crippen molar-refractivity contribution in [1.29, 1.82) is 0 Å². The summed E-state index contributed by atoms with van der Waals surface area (Å²) in [4.78, 5) is 30.9. The molecule has 1 N–H and O–H groups in total. The maximum Gasteiger partial charge on any atom is 0.244 e. The smallest absolute Gasteiger partial charge is 0.244 e. The highest BCUT2D eigenvalue weighted by atomic mass is 35.5. The van der Waals surface area contributed by atoms with Crippen LogP contribution in [0.2, 0.25) is 10.0 Å². The Morgan fingerprint density at radius 2 is 1.97 bits per heavy atom. The fraction of sp³-hybridized carbons (Fsp3) is 0.304. The van der Waals surface area contributed by atoms with Gasteiger partial charge in [-0.1, -0.05) is 47.4 Å². The highest BCUT2D eigenvalue weighted by molar-refractivity contribution is 6.35. The first-order valence-electron chi connectivity index (χ1n) is 10.4. The van der Waals surface area contributed by atoms with Crippen LogP contribution in [0.4, 0.5) is 10.1 Å². The molecular formula is C23H23Cl2FN4O3. The average molecular weight is 493 g/mol. The summed E-state index contributed by atoms with van der Waals surface area (Å²) >= 11 is 12.0. The van der Waals surface area contributed by atoms with Crippen molar-refractivity contribution in [1.82, 2.24) is 15.0 Å². The molecule has 3 rings (SSSR count). The number of amides is 2. The van der Waals surface area contributed by atoms with Crippen molar-refractivity contribution in [3.05, 3.63) is 63.7 Å². The molecule has 0 aliphatic carbocycles. The molecule has 2 amide bonds. The average Bonchev–Trinajstić information content (AvgIpc) is 3.25. The van der Waals surface area contributed by atoms with E-state index in [9.17, 15) is 14.0 Å². The number of nitrogens with one attached hydrogen (secondary N) is 1. The molecule has 2 aromatic carbocycles. The van der Waals surface area contributed by atoms with Crippen LogP contribution in [0.25, 0.3) is 11.4 Å². The second kappa shape index (κ2) is 11.2. The Balaban J connectivity index is 1.59. The zero-order valence-electron chi connectivity index (χ0n) is 18.2. The first kappa shape index (κ1) is 24.7. The Hall–Kier alpha value is -2.97. The van der Waals surface area contributed by atoms with Crippen LogP contribution in [0, 0.1) is 12.7 Å². The largest absolute Gasteiger partial charge is 0.339 e. The van der Waals surface area contributed by atoms with E-state index in [2.05, 4.69) is 15.5 Å². The van der Waals surface area contributed by atoms with E-state index in [0.29, 0.717) is 39.8 Å². The van der Waals surface area contributed by atoms with Crippen molar-refractivity contribution < 1.29 is 18.5 Å². The predicted octanol–water partition coefficient (Wildman–Crippen LogP) is 5.30. The minimum absolute atomic E-state index is 0.0785. The van der Waals surface area contributed by atoms with E-state index in [1.54, 1.807) is 37.3 Å². The molecule has 174 valence electrons. The van der Waals surface area contributed by atoms with Crippen LogP contribution in [0.5, 0.6) is 0 Å². The summed E-state index contributed by atoms with van der Waals surface area (Å²) < 4.78 is 19.0. The Kier molecular flexibility index (Phi) is 8.41. The van der Waals surface area contributed by atoms with Gasteiger partial charge in [0.15, 0.2) is 0 Å². The monoisotopic (exact) mass is 492 g/mol. The SMILES string of the molecule is CCCN(CC(=O)Nc1cc(Cl)ccc1Cl)C(=O)CCc1nc(-c2ccc(C)c(F)c2)no1. The van der Waals surface area contributed by atoms with Crippen molar-refractivity contribution in [2.45, 2.75) is 33.1 Å². The third-order valence-corrected chi connectivity index (χ3v) is 5.40. The third-order valence-electron chi connectivity index (χ3n) is 4.83. The summed E-state index contributed by atoms with van der Waals surface area (Å²) in [5.74, 6) is -0.472. The van der Waals surface area contributed by atoms with Crippen molar-refractivity contribution in [2.75, 3.05) is 18.4 Å². The molecule has 3 aromatic rings. The quantitative estimate of drug-likeness (QED) is 0.437. The molecule has 0 saturated carbocycles. The lowest BCUT2D eigenvalue weighted by Gasteiger charge is -2.21. The van der Waals surface area contributed by atoms with E-state index in [1.165, 1.54) is 11.0 Å². The molecule has 0 saturated heterocycles. The number of hydrogen-bond donors (Lipinski definition) is 1. The highest BCUT2D eigenvalue weighted by Crippen LogP contribution is 2.25. The normalized spacial score (nSPS) is 10.8. The molecule has 0 spiro atoms. The number of anilines is 1. The van der Waals surface area contributed by atoms with E-state index < -0.39 is 0 Å². The molecule has 10 heteroatoms. The van der Waals surface area contributed by atoms with Crippen LogP contribution in [-0.4, -0.2) is 39.9 Å². The van der Waals surface area contributed by atoms with Gasteiger partial charge >= 0.3 is 0 Å². The lowest BCUT2D eigenvalue weighted by molar-refractivity contribution is -0.134. The van der Waals surface area contributed by atoms with Gasteiger partial charge in [-0.15, -0.1) is 0 Å². The number of aromatic nitrogens is 2. The number of carbonyl (C=O) groups excluding carboxylic acids is 2. The summed E-state index contributed by atoms with van der Waals surface area (Å²) in [6, 6.07) is 9.41. The molecule has 0 unspecified atom stereocenters. The Morgan fingerprint density at radius 1 is 1.18 bits per heavy atom. The van der Waals surface area contributed by atoms with Crippen molar-refractivity contribution in [2.24, 2.45) is 0 Å². The molecule has 1 heterocycles. The van der Waals surface area contributed by atoms with E-state index >= 15 is 0 Å². The number of aryl methyl sites for hydroxylation is 2. The van der Waals surface area contributed by atoms with E-state index in [0.717, 1.165) is 0 Å². The van der Waals surface area contributed by atoms with Gasteiger partial charge in [0.1, 0.15) is 5.82 Å². The molecular weight excluding hydrogens is 470 g/mol. The minimum Gasteiger partial charge on any atom is -0.339 e. The van der Waals surface area contributed by atoms with Crippen LogP contribution in [-0.2, 0) is 16.0 Å². The van der Waals surface area contributed by atoms with Gasteiger partial charge in [0.25, 0.3) is 0 Å². The van der Waals surface area contributed by atoms with Crippen LogP contribution >= 0.6 is 23.2 Å². The zero-order chi connectivity index (χ0) is 24.0. The van der Waals surface area contributed by atoms with E-state index in [-0.39, 0.29) is 48.7 Å². The standard InChI is InChI=1S/C23H23Cl2FN4O3/c1-3-10-30(13-20(31)27-19-12-16(24)6-7-17(19)25)22(32)9-8-21-28-23(29-33-21)15-5-4-14(2)18(26)11-15/h4-7,11-12H,3,8-10,13H2,1-2H3,(H,27,31). The Labute approximate surface area is 200 Å². The van der Waals surface area contributed by atoms with Crippen LogP contribution in [0.3, 0.4) is 0 Å². The van der Waals surface area contributed by atoms with Crippen molar-refractivity contribution in [3.8, 4) is 11.4 Å². The first-order valence-corrected chi connectivity index (χ1v) is 11.1.